The van der Waals surface area contributed by atoms with Gasteiger partial charge in [-0.1, -0.05) is 11.8 Å². The van der Waals surface area contributed by atoms with E-state index in [1.807, 2.05) is 6.26 Å². The zero-order chi connectivity index (χ0) is 13.4. The van der Waals surface area contributed by atoms with Gasteiger partial charge in [-0.2, -0.15) is 9.39 Å². The van der Waals surface area contributed by atoms with Crippen molar-refractivity contribution in [2.75, 3.05) is 6.26 Å². The molecular formula is C11H8N4O2S2. The van der Waals surface area contributed by atoms with E-state index in [1.54, 1.807) is 17.0 Å². The van der Waals surface area contributed by atoms with E-state index >= 15 is 0 Å². The fourth-order valence-corrected chi connectivity index (χ4v) is 3.10. The number of amidine groups is 3. The van der Waals surface area contributed by atoms with Gasteiger partial charge in [0.2, 0.25) is 5.17 Å². The lowest BCUT2D eigenvalue weighted by molar-refractivity contribution is -0.114. The summed E-state index contributed by atoms with van der Waals surface area (Å²) in [5.41, 5.74) is 0.197. The first-order valence-corrected chi connectivity index (χ1v) is 7.27. The molecule has 19 heavy (non-hydrogen) atoms. The van der Waals surface area contributed by atoms with Crippen LogP contribution >= 0.6 is 23.7 Å². The number of nitrogens with zero attached hydrogens (tertiary/aromatic N) is 3. The van der Waals surface area contributed by atoms with E-state index in [2.05, 4.69) is 9.39 Å². The molecule has 3 rings (SSSR count). The minimum absolute atomic E-state index is 0.0736. The highest BCUT2D eigenvalue weighted by molar-refractivity contribution is 8.18. The molecule has 1 N–H and O–H groups in total. The van der Waals surface area contributed by atoms with E-state index in [9.17, 15) is 4.79 Å². The van der Waals surface area contributed by atoms with Crippen LogP contribution in [0, 0.1) is 5.41 Å². The number of thioether (sulfide) groups is 1. The average Bonchev–Trinajstić information content (AvgIpc) is 3.02. The Morgan fingerprint density at radius 3 is 3.11 bits per heavy atom. The van der Waals surface area contributed by atoms with Crippen LogP contribution < -0.4 is 0 Å². The van der Waals surface area contributed by atoms with Gasteiger partial charge in [0.25, 0.3) is 5.91 Å². The van der Waals surface area contributed by atoms with Crippen molar-refractivity contribution in [3.05, 3.63) is 29.7 Å². The van der Waals surface area contributed by atoms with Crippen LogP contribution in [0.2, 0.25) is 0 Å². The van der Waals surface area contributed by atoms with Gasteiger partial charge in [-0.3, -0.25) is 10.2 Å². The van der Waals surface area contributed by atoms with Gasteiger partial charge in [0.05, 0.1) is 23.8 Å². The molecular weight excluding hydrogens is 284 g/mol. The number of fused-ring (bicyclic) bond motifs is 1. The maximum Gasteiger partial charge on any atom is 0.283 e. The molecule has 2 aliphatic heterocycles. The topological polar surface area (TPSA) is 82.0 Å². The Labute approximate surface area is 117 Å². The third-order valence-electron chi connectivity index (χ3n) is 2.51. The number of hydrogen-bond acceptors (Lipinski definition) is 6. The lowest BCUT2D eigenvalue weighted by Crippen LogP contribution is -2.41. The molecule has 2 aliphatic rings. The predicted octanol–water partition coefficient (Wildman–Crippen LogP) is 2.22. The quantitative estimate of drug-likeness (QED) is 0.634. The SMILES string of the molecule is CSC1=NSC2=NC(=O)C(=Cc3ccco3)C(=N)N12. The maximum atomic E-state index is 11.9. The van der Waals surface area contributed by atoms with Gasteiger partial charge in [-0.05, 0) is 24.5 Å². The summed E-state index contributed by atoms with van der Waals surface area (Å²) in [6.45, 7) is 0. The van der Waals surface area contributed by atoms with Gasteiger partial charge in [0.1, 0.15) is 11.6 Å². The number of nitrogens with one attached hydrogen (secondary N) is 1. The molecule has 0 fully saturated rings. The second-order valence-electron chi connectivity index (χ2n) is 3.63. The summed E-state index contributed by atoms with van der Waals surface area (Å²) >= 11 is 2.51. The number of carbonyl (C=O) groups excluding carboxylic acids is 1. The highest BCUT2D eigenvalue weighted by atomic mass is 32.2. The fraction of sp³-hybridized carbons (Fsp3) is 0.0909. The Morgan fingerprint density at radius 1 is 1.58 bits per heavy atom. The highest BCUT2D eigenvalue weighted by Gasteiger charge is 2.37. The van der Waals surface area contributed by atoms with Crippen LogP contribution in [0.1, 0.15) is 5.76 Å². The molecule has 0 saturated heterocycles. The van der Waals surface area contributed by atoms with Gasteiger partial charge in [0.15, 0.2) is 5.17 Å². The number of furan rings is 1. The molecule has 3 heterocycles. The molecule has 6 nitrogen and oxygen atoms in total. The van der Waals surface area contributed by atoms with E-state index in [1.165, 1.54) is 24.1 Å². The summed E-state index contributed by atoms with van der Waals surface area (Å²) in [5, 5.41) is 9.22. The van der Waals surface area contributed by atoms with Crippen LogP contribution in [-0.2, 0) is 4.79 Å². The predicted molar refractivity (Wildman–Crippen MR) is 77.2 cm³/mol. The summed E-state index contributed by atoms with van der Waals surface area (Å²) in [5.74, 6) is 0.142. The van der Waals surface area contributed by atoms with Crippen LogP contribution in [0.15, 0.2) is 37.8 Å². The molecule has 0 unspecified atom stereocenters. The largest absolute Gasteiger partial charge is 0.465 e. The summed E-state index contributed by atoms with van der Waals surface area (Å²) in [6.07, 6.45) is 4.90. The van der Waals surface area contributed by atoms with Crippen LogP contribution in [0.4, 0.5) is 0 Å². The standard InChI is InChI=1S/C11H8N4O2S2/c1-18-11-14-19-10-13-9(16)7(8(12)15(10)11)5-6-3-2-4-17-6/h2-5,12H,1H3. The number of hydrogen-bond donors (Lipinski definition) is 1. The van der Waals surface area contributed by atoms with Crippen LogP contribution in [0.5, 0.6) is 0 Å². The van der Waals surface area contributed by atoms with Crippen molar-refractivity contribution in [3.8, 4) is 0 Å². The number of rotatable bonds is 1. The number of amides is 1. The Kier molecular flexibility index (Phi) is 3.03. The van der Waals surface area contributed by atoms with Crippen molar-refractivity contribution >= 4 is 51.9 Å². The molecule has 1 aromatic rings. The van der Waals surface area contributed by atoms with E-state index < -0.39 is 5.91 Å². The third kappa shape index (κ3) is 2.02. The molecule has 1 amide bonds. The van der Waals surface area contributed by atoms with Crippen molar-refractivity contribution in [2.24, 2.45) is 9.39 Å². The number of aliphatic imine (C=N–C) groups is 1. The Morgan fingerprint density at radius 2 is 2.42 bits per heavy atom. The minimum Gasteiger partial charge on any atom is -0.465 e. The minimum atomic E-state index is -0.447. The monoisotopic (exact) mass is 292 g/mol. The van der Waals surface area contributed by atoms with E-state index in [0.717, 1.165) is 11.9 Å². The Balaban J connectivity index is 2.03. The molecule has 0 radical (unpaired) electrons. The van der Waals surface area contributed by atoms with E-state index in [4.69, 9.17) is 9.83 Å². The lowest BCUT2D eigenvalue weighted by atomic mass is 10.1. The highest BCUT2D eigenvalue weighted by Crippen LogP contribution is 2.30. The van der Waals surface area contributed by atoms with Crippen LogP contribution in [-0.4, -0.2) is 33.2 Å². The Bertz CT molecular complexity index is 646. The smallest absolute Gasteiger partial charge is 0.283 e. The van der Waals surface area contributed by atoms with E-state index in [0.29, 0.717) is 16.1 Å². The second kappa shape index (κ2) is 4.71. The number of carbonyl (C=O) groups is 1. The van der Waals surface area contributed by atoms with Gasteiger partial charge in [-0.25, -0.2) is 4.90 Å². The maximum absolute atomic E-state index is 11.9. The van der Waals surface area contributed by atoms with Crippen molar-refractivity contribution in [2.45, 2.75) is 0 Å². The molecule has 0 saturated carbocycles. The molecule has 8 heteroatoms. The lowest BCUT2D eigenvalue weighted by Gasteiger charge is -2.23. The van der Waals surface area contributed by atoms with Crippen molar-refractivity contribution in [1.82, 2.24) is 4.90 Å². The first-order valence-electron chi connectivity index (χ1n) is 5.27. The first kappa shape index (κ1) is 12.2. The van der Waals surface area contributed by atoms with Gasteiger partial charge in [0, 0.05) is 0 Å². The van der Waals surface area contributed by atoms with Crippen LogP contribution in [0.3, 0.4) is 0 Å². The normalized spacial score (nSPS) is 20.7. The molecule has 0 spiro atoms. The summed E-state index contributed by atoms with van der Waals surface area (Å²) < 4.78 is 9.33. The summed E-state index contributed by atoms with van der Waals surface area (Å²) in [7, 11) is 0. The molecule has 1 aromatic heterocycles. The molecule has 0 aliphatic carbocycles. The second-order valence-corrected chi connectivity index (χ2v) is 5.13. The average molecular weight is 292 g/mol. The molecule has 0 bridgehead atoms. The fourth-order valence-electron chi connectivity index (χ4n) is 1.65. The summed E-state index contributed by atoms with van der Waals surface area (Å²) in [4.78, 5) is 17.4. The van der Waals surface area contributed by atoms with Crippen molar-refractivity contribution < 1.29 is 9.21 Å². The first-order chi connectivity index (χ1) is 9.20. The molecule has 96 valence electrons. The summed E-state index contributed by atoms with van der Waals surface area (Å²) in [6, 6.07) is 3.44. The van der Waals surface area contributed by atoms with Gasteiger partial charge in [-0.15, -0.1) is 0 Å². The zero-order valence-corrected chi connectivity index (χ0v) is 11.4. The van der Waals surface area contributed by atoms with Crippen molar-refractivity contribution in [1.29, 1.82) is 5.41 Å². The zero-order valence-electron chi connectivity index (χ0n) is 9.78. The van der Waals surface area contributed by atoms with E-state index in [-0.39, 0.29) is 11.4 Å². The Hall–Kier alpha value is -1.80. The van der Waals surface area contributed by atoms with Crippen LogP contribution in [0.25, 0.3) is 6.08 Å². The molecule has 0 atom stereocenters. The molecule has 0 aromatic carbocycles. The van der Waals surface area contributed by atoms with Crippen molar-refractivity contribution in [3.63, 3.8) is 0 Å². The van der Waals surface area contributed by atoms with Gasteiger partial charge < -0.3 is 4.42 Å². The van der Waals surface area contributed by atoms with Gasteiger partial charge >= 0.3 is 0 Å². The third-order valence-corrected chi connectivity index (χ3v) is 3.96.